The normalized spacial score (nSPS) is 17.4. The van der Waals surface area contributed by atoms with Crippen molar-refractivity contribution in [1.82, 2.24) is 4.98 Å². The van der Waals surface area contributed by atoms with E-state index in [1.165, 1.54) is 68.3 Å². The molecular weight excluding hydrogens is 242 g/mol. The Labute approximate surface area is 121 Å². The second-order valence-corrected chi connectivity index (χ2v) is 6.12. The van der Waals surface area contributed by atoms with Crippen LogP contribution in [0.25, 0.3) is 11.1 Å². The van der Waals surface area contributed by atoms with Gasteiger partial charge in [-0.05, 0) is 73.6 Å². The maximum Gasteiger partial charge on any atom is 0.0445 e. The molecule has 0 bridgehead atoms. The van der Waals surface area contributed by atoms with Crippen LogP contribution in [0.3, 0.4) is 0 Å². The van der Waals surface area contributed by atoms with Gasteiger partial charge in [-0.2, -0.15) is 0 Å². The average Bonchev–Trinajstić information content (AvgIpc) is 2.53. The van der Waals surface area contributed by atoms with Crippen LogP contribution in [0.15, 0.2) is 30.3 Å². The lowest BCUT2D eigenvalue weighted by Crippen LogP contribution is -2.15. The summed E-state index contributed by atoms with van der Waals surface area (Å²) in [6.45, 7) is 0. The monoisotopic (exact) mass is 263 g/mol. The van der Waals surface area contributed by atoms with Crippen LogP contribution in [-0.4, -0.2) is 4.98 Å². The second kappa shape index (κ2) is 5.05. The van der Waals surface area contributed by atoms with Gasteiger partial charge in [-0.1, -0.05) is 30.3 Å². The van der Waals surface area contributed by atoms with Gasteiger partial charge in [0.2, 0.25) is 0 Å². The number of nitrogens with zero attached hydrogens (tertiary/aromatic N) is 1. The third-order valence-corrected chi connectivity index (χ3v) is 4.81. The summed E-state index contributed by atoms with van der Waals surface area (Å²) >= 11 is 0. The zero-order valence-corrected chi connectivity index (χ0v) is 12.0. The minimum atomic E-state index is 1.18. The zero-order chi connectivity index (χ0) is 13.4. The molecule has 1 nitrogen and oxygen atoms in total. The number of hydrogen-bond donors (Lipinski definition) is 0. The highest BCUT2D eigenvalue weighted by Gasteiger charge is 2.23. The van der Waals surface area contributed by atoms with Crippen molar-refractivity contribution in [2.75, 3.05) is 0 Å². The van der Waals surface area contributed by atoms with E-state index in [2.05, 4.69) is 30.3 Å². The lowest BCUT2D eigenvalue weighted by molar-refractivity contribution is 0.629. The van der Waals surface area contributed by atoms with Gasteiger partial charge in [0.25, 0.3) is 0 Å². The topological polar surface area (TPSA) is 12.9 Å². The standard InChI is InChI=1S/C19H21N/c1-2-8-14(9-3-1)19-15-10-4-6-12-17(15)20-18-13-7-5-11-16(18)19/h1-3,8-9H,4-7,10-13H2. The fourth-order valence-electron chi connectivity index (χ4n) is 3.86. The van der Waals surface area contributed by atoms with Gasteiger partial charge in [0.05, 0.1) is 0 Å². The lowest BCUT2D eigenvalue weighted by atomic mass is 9.82. The SMILES string of the molecule is c1ccc(-c2c3c(nc4c2CCCC4)CCCC3)cc1. The molecule has 20 heavy (non-hydrogen) atoms. The molecule has 102 valence electrons. The summed E-state index contributed by atoms with van der Waals surface area (Å²) in [5, 5.41) is 0. The third-order valence-electron chi connectivity index (χ3n) is 4.81. The Balaban J connectivity index is 1.98. The maximum atomic E-state index is 5.04. The summed E-state index contributed by atoms with van der Waals surface area (Å²) in [7, 11) is 0. The number of aromatic nitrogens is 1. The van der Waals surface area contributed by atoms with E-state index in [9.17, 15) is 0 Å². The van der Waals surface area contributed by atoms with Crippen LogP contribution >= 0.6 is 0 Å². The molecule has 2 aliphatic rings. The molecule has 0 N–H and O–H groups in total. The molecule has 0 atom stereocenters. The van der Waals surface area contributed by atoms with Crippen LogP contribution in [-0.2, 0) is 25.7 Å². The van der Waals surface area contributed by atoms with Gasteiger partial charge in [-0.3, -0.25) is 4.98 Å². The number of hydrogen-bond acceptors (Lipinski definition) is 1. The summed E-state index contributed by atoms with van der Waals surface area (Å²) in [4.78, 5) is 5.04. The largest absolute Gasteiger partial charge is 0.257 e. The minimum absolute atomic E-state index is 1.18. The summed E-state index contributed by atoms with van der Waals surface area (Å²) < 4.78 is 0. The average molecular weight is 263 g/mol. The zero-order valence-electron chi connectivity index (χ0n) is 12.0. The van der Waals surface area contributed by atoms with Crippen molar-refractivity contribution in [3.63, 3.8) is 0 Å². The molecule has 0 saturated heterocycles. The Morgan fingerprint density at radius 3 is 1.80 bits per heavy atom. The molecule has 0 aliphatic heterocycles. The van der Waals surface area contributed by atoms with E-state index in [0.29, 0.717) is 0 Å². The number of rotatable bonds is 1. The predicted octanol–water partition coefficient (Wildman–Crippen LogP) is 4.51. The fourth-order valence-corrected chi connectivity index (χ4v) is 3.86. The fraction of sp³-hybridized carbons (Fsp3) is 0.421. The Morgan fingerprint density at radius 1 is 0.650 bits per heavy atom. The highest BCUT2D eigenvalue weighted by molar-refractivity contribution is 5.73. The molecule has 2 aliphatic carbocycles. The molecule has 0 radical (unpaired) electrons. The van der Waals surface area contributed by atoms with Gasteiger partial charge in [0, 0.05) is 11.4 Å². The van der Waals surface area contributed by atoms with Gasteiger partial charge in [0.1, 0.15) is 0 Å². The number of pyridine rings is 1. The van der Waals surface area contributed by atoms with Crippen LogP contribution in [0, 0.1) is 0 Å². The van der Waals surface area contributed by atoms with E-state index >= 15 is 0 Å². The molecular formula is C19H21N. The number of aryl methyl sites for hydroxylation is 2. The molecule has 1 aromatic heterocycles. The number of benzene rings is 1. The van der Waals surface area contributed by atoms with Crippen LogP contribution in [0.5, 0.6) is 0 Å². The molecule has 0 fully saturated rings. The predicted molar refractivity (Wildman–Crippen MR) is 83.0 cm³/mol. The van der Waals surface area contributed by atoms with E-state index in [4.69, 9.17) is 4.98 Å². The number of fused-ring (bicyclic) bond motifs is 2. The summed E-state index contributed by atoms with van der Waals surface area (Å²) in [5.74, 6) is 0. The molecule has 1 aromatic carbocycles. The minimum Gasteiger partial charge on any atom is -0.257 e. The first-order chi connectivity index (χ1) is 9.93. The third kappa shape index (κ3) is 1.96. The first kappa shape index (κ1) is 12.1. The van der Waals surface area contributed by atoms with Crippen molar-refractivity contribution >= 4 is 0 Å². The highest BCUT2D eigenvalue weighted by atomic mass is 14.7. The Kier molecular flexibility index (Phi) is 3.06. The molecule has 0 spiro atoms. The summed E-state index contributed by atoms with van der Waals surface area (Å²) in [5.41, 5.74) is 8.87. The highest BCUT2D eigenvalue weighted by Crippen LogP contribution is 2.37. The maximum absolute atomic E-state index is 5.04. The van der Waals surface area contributed by atoms with Crippen molar-refractivity contribution in [1.29, 1.82) is 0 Å². The van der Waals surface area contributed by atoms with Crippen molar-refractivity contribution in [3.8, 4) is 11.1 Å². The molecule has 0 saturated carbocycles. The van der Waals surface area contributed by atoms with Crippen LogP contribution in [0.1, 0.15) is 48.2 Å². The summed E-state index contributed by atoms with van der Waals surface area (Å²) in [6, 6.07) is 11.0. The molecule has 2 aromatic rings. The van der Waals surface area contributed by atoms with Crippen molar-refractivity contribution in [3.05, 3.63) is 52.8 Å². The van der Waals surface area contributed by atoms with Gasteiger partial charge in [-0.15, -0.1) is 0 Å². The van der Waals surface area contributed by atoms with E-state index in [0.717, 1.165) is 0 Å². The molecule has 0 unspecified atom stereocenters. The first-order valence-corrected chi connectivity index (χ1v) is 8.02. The van der Waals surface area contributed by atoms with Crippen molar-refractivity contribution in [2.45, 2.75) is 51.4 Å². The molecule has 1 heteroatoms. The van der Waals surface area contributed by atoms with Crippen LogP contribution < -0.4 is 0 Å². The van der Waals surface area contributed by atoms with E-state index in [-0.39, 0.29) is 0 Å². The first-order valence-electron chi connectivity index (χ1n) is 8.02. The van der Waals surface area contributed by atoms with Crippen molar-refractivity contribution in [2.24, 2.45) is 0 Å². The Hall–Kier alpha value is -1.63. The van der Waals surface area contributed by atoms with Crippen LogP contribution in [0.4, 0.5) is 0 Å². The van der Waals surface area contributed by atoms with Crippen molar-refractivity contribution < 1.29 is 0 Å². The van der Waals surface area contributed by atoms with E-state index in [1.807, 2.05) is 0 Å². The molecule has 1 heterocycles. The molecule has 4 rings (SSSR count). The lowest BCUT2D eigenvalue weighted by Gasteiger charge is -2.26. The Bertz CT molecular complexity index is 594. The van der Waals surface area contributed by atoms with Gasteiger partial charge in [-0.25, -0.2) is 0 Å². The smallest absolute Gasteiger partial charge is 0.0445 e. The summed E-state index contributed by atoms with van der Waals surface area (Å²) in [6.07, 6.45) is 10.1. The van der Waals surface area contributed by atoms with Gasteiger partial charge in [0.15, 0.2) is 0 Å². The molecule has 0 amide bonds. The van der Waals surface area contributed by atoms with E-state index < -0.39 is 0 Å². The van der Waals surface area contributed by atoms with Gasteiger partial charge < -0.3 is 0 Å². The Morgan fingerprint density at radius 2 is 1.20 bits per heavy atom. The van der Waals surface area contributed by atoms with E-state index in [1.54, 1.807) is 16.7 Å². The van der Waals surface area contributed by atoms with Gasteiger partial charge >= 0.3 is 0 Å². The quantitative estimate of drug-likeness (QED) is 0.738. The van der Waals surface area contributed by atoms with Crippen LogP contribution in [0.2, 0.25) is 0 Å². The second-order valence-electron chi connectivity index (χ2n) is 6.12.